The normalized spacial score (nSPS) is 10.3. The number of aryl methyl sites for hydroxylation is 1. The van der Waals surface area contributed by atoms with Gasteiger partial charge in [0.1, 0.15) is 0 Å². The molecular formula is C15H21BrN2O3. The Labute approximate surface area is 133 Å². The summed E-state index contributed by atoms with van der Waals surface area (Å²) >= 11 is 3.40. The maximum atomic E-state index is 12.2. The summed E-state index contributed by atoms with van der Waals surface area (Å²) in [6, 6.07) is 5.38. The van der Waals surface area contributed by atoms with Crippen molar-refractivity contribution in [2.45, 2.75) is 13.3 Å². The molecule has 21 heavy (non-hydrogen) atoms. The average Bonchev–Trinajstić information content (AvgIpc) is 2.45. The lowest BCUT2D eigenvalue weighted by atomic mass is 10.1. The summed E-state index contributed by atoms with van der Waals surface area (Å²) in [6.07, 6.45) is 0.756. The number of benzene rings is 1. The minimum Gasteiger partial charge on any atom is -0.385 e. The fourth-order valence-electron chi connectivity index (χ4n) is 1.79. The zero-order valence-electron chi connectivity index (χ0n) is 12.6. The number of rotatable bonds is 7. The van der Waals surface area contributed by atoms with Gasteiger partial charge in [0.2, 0.25) is 5.91 Å². The number of ether oxygens (including phenoxy) is 1. The Morgan fingerprint density at radius 2 is 2.10 bits per heavy atom. The second kappa shape index (κ2) is 8.79. The third kappa shape index (κ3) is 5.85. The summed E-state index contributed by atoms with van der Waals surface area (Å²) in [4.78, 5) is 25.4. The molecule has 0 radical (unpaired) electrons. The number of halogens is 1. The van der Waals surface area contributed by atoms with Crippen LogP contribution in [0.3, 0.4) is 0 Å². The number of carbonyl (C=O) groups is 2. The molecule has 0 saturated carbocycles. The summed E-state index contributed by atoms with van der Waals surface area (Å²) in [6.45, 7) is 3.11. The molecule has 6 heteroatoms. The number of hydrogen-bond donors (Lipinski definition) is 1. The Balaban J connectivity index is 2.50. The number of likely N-dealkylation sites (N-methyl/N-ethyl adjacent to an activating group) is 1. The molecule has 0 saturated heterocycles. The van der Waals surface area contributed by atoms with Gasteiger partial charge in [-0.2, -0.15) is 0 Å². The van der Waals surface area contributed by atoms with Gasteiger partial charge in [-0.15, -0.1) is 0 Å². The van der Waals surface area contributed by atoms with E-state index < -0.39 is 0 Å². The molecule has 2 amide bonds. The van der Waals surface area contributed by atoms with Gasteiger partial charge >= 0.3 is 0 Å². The van der Waals surface area contributed by atoms with Crippen LogP contribution < -0.4 is 5.32 Å². The minimum absolute atomic E-state index is 0.0426. The molecule has 1 aromatic carbocycles. The molecule has 0 aliphatic heterocycles. The van der Waals surface area contributed by atoms with Crippen LogP contribution in [0.5, 0.6) is 0 Å². The molecule has 0 aliphatic rings. The lowest BCUT2D eigenvalue weighted by Crippen LogP contribution is -2.38. The number of carbonyl (C=O) groups excluding carboxylic acids is 2. The van der Waals surface area contributed by atoms with E-state index in [1.807, 2.05) is 13.0 Å². The second-order valence-corrected chi connectivity index (χ2v) is 5.68. The lowest BCUT2D eigenvalue weighted by molar-refractivity contribution is -0.121. The van der Waals surface area contributed by atoms with Crippen LogP contribution in [0.25, 0.3) is 0 Å². The van der Waals surface area contributed by atoms with Crippen LogP contribution in [0.1, 0.15) is 22.3 Å². The van der Waals surface area contributed by atoms with E-state index in [4.69, 9.17) is 4.74 Å². The van der Waals surface area contributed by atoms with Crippen molar-refractivity contribution in [3.63, 3.8) is 0 Å². The quantitative estimate of drug-likeness (QED) is 0.760. The molecule has 116 valence electrons. The monoisotopic (exact) mass is 356 g/mol. The fraction of sp³-hybridized carbons (Fsp3) is 0.467. The highest BCUT2D eigenvalue weighted by Gasteiger charge is 2.15. The minimum atomic E-state index is -0.171. The molecule has 0 heterocycles. The highest BCUT2D eigenvalue weighted by molar-refractivity contribution is 9.10. The number of amides is 2. The van der Waals surface area contributed by atoms with Crippen molar-refractivity contribution in [3.8, 4) is 0 Å². The van der Waals surface area contributed by atoms with Crippen molar-refractivity contribution in [2.75, 3.05) is 33.9 Å². The third-order valence-corrected chi connectivity index (χ3v) is 3.87. The Hall–Kier alpha value is -1.40. The predicted octanol–water partition coefficient (Wildman–Crippen LogP) is 1.98. The molecule has 1 N–H and O–H groups in total. The maximum Gasteiger partial charge on any atom is 0.254 e. The first-order valence-electron chi connectivity index (χ1n) is 6.73. The first kappa shape index (κ1) is 17.7. The van der Waals surface area contributed by atoms with Gasteiger partial charge in [0.15, 0.2) is 0 Å². The van der Waals surface area contributed by atoms with Gasteiger partial charge in [0.25, 0.3) is 5.91 Å². The standard InChI is InChI=1S/C15H21BrN2O3/c1-11-9-12(5-6-13(11)16)15(20)18(2)10-14(19)17-7-4-8-21-3/h5-6,9H,4,7-8,10H2,1-3H3,(H,17,19). The number of hydrogen-bond acceptors (Lipinski definition) is 3. The molecular weight excluding hydrogens is 336 g/mol. The SMILES string of the molecule is COCCCNC(=O)CN(C)C(=O)c1ccc(Br)c(C)c1. The average molecular weight is 357 g/mol. The van der Waals surface area contributed by atoms with Crippen LogP contribution in [-0.4, -0.2) is 50.6 Å². The van der Waals surface area contributed by atoms with E-state index in [9.17, 15) is 9.59 Å². The Morgan fingerprint density at radius 3 is 2.71 bits per heavy atom. The summed E-state index contributed by atoms with van der Waals surface area (Å²) in [5, 5.41) is 2.75. The molecule has 0 aromatic heterocycles. The first-order valence-corrected chi connectivity index (χ1v) is 7.52. The summed E-state index contributed by atoms with van der Waals surface area (Å²) < 4.78 is 5.86. The van der Waals surface area contributed by atoms with Crippen LogP contribution in [0, 0.1) is 6.92 Å². The molecule has 0 aliphatic carbocycles. The molecule has 0 spiro atoms. The Kier molecular flexibility index (Phi) is 7.39. The lowest BCUT2D eigenvalue weighted by Gasteiger charge is -2.17. The van der Waals surface area contributed by atoms with E-state index in [1.165, 1.54) is 4.90 Å². The van der Waals surface area contributed by atoms with Crippen LogP contribution in [0.2, 0.25) is 0 Å². The highest BCUT2D eigenvalue weighted by Crippen LogP contribution is 2.17. The maximum absolute atomic E-state index is 12.2. The van der Waals surface area contributed by atoms with Gasteiger partial charge in [-0.05, 0) is 37.1 Å². The molecule has 1 rings (SSSR count). The summed E-state index contributed by atoms with van der Waals surface area (Å²) in [7, 11) is 3.24. The van der Waals surface area contributed by atoms with E-state index in [0.717, 1.165) is 16.5 Å². The van der Waals surface area contributed by atoms with E-state index >= 15 is 0 Å². The fourth-order valence-corrected chi connectivity index (χ4v) is 2.03. The molecule has 0 fully saturated rings. The zero-order chi connectivity index (χ0) is 15.8. The Bertz CT molecular complexity index is 506. The van der Waals surface area contributed by atoms with Crippen molar-refractivity contribution >= 4 is 27.7 Å². The van der Waals surface area contributed by atoms with E-state index in [1.54, 1.807) is 26.3 Å². The number of methoxy groups -OCH3 is 1. The van der Waals surface area contributed by atoms with Gasteiger partial charge in [0, 0.05) is 37.3 Å². The van der Waals surface area contributed by atoms with Crippen molar-refractivity contribution in [1.29, 1.82) is 0 Å². The van der Waals surface area contributed by atoms with E-state index in [2.05, 4.69) is 21.2 Å². The predicted molar refractivity (Wildman–Crippen MR) is 85.3 cm³/mol. The van der Waals surface area contributed by atoms with E-state index in [-0.39, 0.29) is 18.4 Å². The van der Waals surface area contributed by atoms with Crippen molar-refractivity contribution in [2.24, 2.45) is 0 Å². The summed E-state index contributed by atoms with van der Waals surface area (Å²) in [5.41, 5.74) is 1.56. The molecule has 0 unspecified atom stereocenters. The van der Waals surface area contributed by atoms with Gasteiger partial charge in [-0.3, -0.25) is 9.59 Å². The third-order valence-electron chi connectivity index (χ3n) is 2.98. The molecule has 0 bridgehead atoms. The van der Waals surface area contributed by atoms with Crippen molar-refractivity contribution in [3.05, 3.63) is 33.8 Å². The largest absolute Gasteiger partial charge is 0.385 e. The molecule has 0 atom stereocenters. The van der Waals surface area contributed by atoms with Gasteiger partial charge in [-0.25, -0.2) is 0 Å². The molecule has 5 nitrogen and oxygen atoms in total. The number of nitrogens with one attached hydrogen (secondary N) is 1. The van der Waals surface area contributed by atoms with Gasteiger partial charge < -0.3 is 15.0 Å². The van der Waals surface area contributed by atoms with E-state index in [0.29, 0.717) is 18.7 Å². The van der Waals surface area contributed by atoms with Gasteiger partial charge in [-0.1, -0.05) is 15.9 Å². The molecule has 1 aromatic rings. The van der Waals surface area contributed by atoms with Crippen LogP contribution in [-0.2, 0) is 9.53 Å². The first-order chi connectivity index (χ1) is 9.95. The smallest absolute Gasteiger partial charge is 0.254 e. The van der Waals surface area contributed by atoms with Crippen molar-refractivity contribution < 1.29 is 14.3 Å². The second-order valence-electron chi connectivity index (χ2n) is 4.82. The zero-order valence-corrected chi connectivity index (χ0v) is 14.2. The Morgan fingerprint density at radius 1 is 1.38 bits per heavy atom. The highest BCUT2D eigenvalue weighted by atomic mass is 79.9. The van der Waals surface area contributed by atoms with Gasteiger partial charge in [0.05, 0.1) is 6.54 Å². The van der Waals surface area contributed by atoms with Crippen molar-refractivity contribution in [1.82, 2.24) is 10.2 Å². The van der Waals surface area contributed by atoms with Crippen LogP contribution in [0.15, 0.2) is 22.7 Å². The van der Waals surface area contributed by atoms with Crippen LogP contribution in [0.4, 0.5) is 0 Å². The topological polar surface area (TPSA) is 58.6 Å². The summed E-state index contributed by atoms with van der Waals surface area (Å²) in [5.74, 6) is -0.339. The number of nitrogens with zero attached hydrogens (tertiary/aromatic N) is 1. The van der Waals surface area contributed by atoms with Crippen LogP contribution >= 0.6 is 15.9 Å².